The predicted molar refractivity (Wildman–Crippen MR) is 74.6 cm³/mol. The van der Waals surface area contributed by atoms with Gasteiger partial charge in [-0.05, 0) is 12.0 Å². The van der Waals surface area contributed by atoms with E-state index >= 15 is 0 Å². The van der Waals surface area contributed by atoms with Crippen LogP contribution in [0.2, 0.25) is 0 Å². The van der Waals surface area contributed by atoms with E-state index in [2.05, 4.69) is 5.32 Å². The summed E-state index contributed by atoms with van der Waals surface area (Å²) in [5.74, 6) is -2.87. The molecule has 21 heavy (non-hydrogen) atoms. The number of hydrogen-bond acceptors (Lipinski definition) is 4. The fourth-order valence-electron chi connectivity index (χ4n) is 1.73. The summed E-state index contributed by atoms with van der Waals surface area (Å²) >= 11 is 0. The lowest BCUT2D eigenvalue weighted by Gasteiger charge is -2.15. The fourth-order valence-corrected chi connectivity index (χ4v) is 1.73. The lowest BCUT2D eigenvalue weighted by molar-refractivity contribution is -0.142. The topological polar surface area (TPSA) is 130 Å². The molecule has 0 heterocycles. The molecule has 5 N–H and O–H groups in total. The Morgan fingerprint density at radius 1 is 1.10 bits per heavy atom. The van der Waals surface area contributed by atoms with E-state index in [1.165, 1.54) is 0 Å². The highest BCUT2D eigenvalue weighted by Crippen LogP contribution is 2.04. The molecule has 0 aliphatic heterocycles. The number of carboxylic acid groups (broad SMARTS) is 2. The molecule has 0 spiro atoms. The average molecular weight is 294 g/mol. The lowest BCUT2D eigenvalue weighted by atomic mass is 10.1. The molecule has 1 rings (SSSR count). The van der Waals surface area contributed by atoms with E-state index in [9.17, 15) is 14.4 Å². The van der Waals surface area contributed by atoms with Gasteiger partial charge in [0.25, 0.3) is 0 Å². The molecule has 0 fully saturated rings. The first kappa shape index (κ1) is 16.6. The van der Waals surface area contributed by atoms with Crippen LogP contribution in [0.1, 0.15) is 18.4 Å². The van der Waals surface area contributed by atoms with E-state index in [4.69, 9.17) is 15.9 Å². The van der Waals surface area contributed by atoms with Crippen molar-refractivity contribution in [3.8, 4) is 0 Å². The number of rotatable bonds is 8. The number of aliphatic carboxylic acids is 2. The van der Waals surface area contributed by atoms with Gasteiger partial charge in [-0.2, -0.15) is 0 Å². The average Bonchev–Trinajstić information content (AvgIpc) is 2.44. The molecule has 2 atom stereocenters. The number of nitrogens with one attached hydrogen (secondary N) is 1. The molecule has 7 heteroatoms. The number of benzene rings is 1. The van der Waals surface area contributed by atoms with Gasteiger partial charge in [0.1, 0.15) is 12.1 Å². The molecule has 1 aromatic rings. The molecule has 7 nitrogen and oxygen atoms in total. The summed E-state index contributed by atoms with van der Waals surface area (Å²) in [5.41, 5.74) is 6.07. The van der Waals surface area contributed by atoms with Crippen LogP contribution in [0.5, 0.6) is 0 Å². The third kappa shape index (κ3) is 6.05. The number of hydrogen-bond donors (Lipinski definition) is 4. The Kier molecular flexibility index (Phi) is 6.35. The van der Waals surface area contributed by atoms with Gasteiger partial charge < -0.3 is 21.3 Å². The van der Waals surface area contributed by atoms with Crippen LogP contribution in [0.3, 0.4) is 0 Å². The van der Waals surface area contributed by atoms with Crippen molar-refractivity contribution in [1.82, 2.24) is 5.32 Å². The van der Waals surface area contributed by atoms with Crippen LogP contribution in [0, 0.1) is 0 Å². The summed E-state index contributed by atoms with van der Waals surface area (Å²) in [7, 11) is 0. The van der Waals surface area contributed by atoms with Gasteiger partial charge in [0, 0.05) is 12.8 Å². The van der Waals surface area contributed by atoms with Crippen molar-refractivity contribution in [2.24, 2.45) is 5.73 Å². The second-order valence-corrected chi connectivity index (χ2v) is 4.63. The van der Waals surface area contributed by atoms with E-state index in [1.807, 2.05) is 6.07 Å². The molecule has 0 bridgehead atoms. The van der Waals surface area contributed by atoms with E-state index in [-0.39, 0.29) is 19.3 Å². The second-order valence-electron chi connectivity index (χ2n) is 4.63. The van der Waals surface area contributed by atoms with Crippen LogP contribution in [0.4, 0.5) is 0 Å². The van der Waals surface area contributed by atoms with Crippen molar-refractivity contribution < 1.29 is 24.6 Å². The summed E-state index contributed by atoms with van der Waals surface area (Å²) in [4.78, 5) is 33.3. The summed E-state index contributed by atoms with van der Waals surface area (Å²) in [6.45, 7) is 0. The maximum atomic E-state index is 11.7. The molecule has 114 valence electrons. The molecule has 1 unspecified atom stereocenters. The Morgan fingerprint density at radius 3 is 2.24 bits per heavy atom. The van der Waals surface area contributed by atoms with Gasteiger partial charge in [0.15, 0.2) is 0 Å². The summed E-state index contributed by atoms with van der Waals surface area (Å²) in [5, 5.41) is 20.1. The molecule has 0 radical (unpaired) electrons. The smallest absolute Gasteiger partial charge is 0.326 e. The Balaban J connectivity index is 2.53. The summed E-state index contributed by atoms with van der Waals surface area (Å²) < 4.78 is 0. The molecule has 1 amide bonds. The van der Waals surface area contributed by atoms with Crippen LogP contribution in [-0.2, 0) is 20.8 Å². The first-order valence-electron chi connectivity index (χ1n) is 6.44. The normalized spacial score (nSPS) is 13.2. The second kappa shape index (κ2) is 8.01. The first-order valence-corrected chi connectivity index (χ1v) is 6.44. The monoisotopic (exact) mass is 294 g/mol. The van der Waals surface area contributed by atoms with Crippen LogP contribution in [0.25, 0.3) is 0 Å². The zero-order valence-electron chi connectivity index (χ0n) is 11.4. The summed E-state index contributed by atoms with van der Waals surface area (Å²) in [6, 6.07) is 6.72. The van der Waals surface area contributed by atoms with Crippen molar-refractivity contribution in [2.75, 3.05) is 0 Å². The van der Waals surface area contributed by atoms with Crippen molar-refractivity contribution in [3.63, 3.8) is 0 Å². The minimum Gasteiger partial charge on any atom is -0.480 e. The van der Waals surface area contributed by atoms with Gasteiger partial charge in [-0.3, -0.25) is 9.59 Å². The molecule has 0 saturated heterocycles. The van der Waals surface area contributed by atoms with Crippen molar-refractivity contribution >= 4 is 17.8 Å². The van der Waals surface area contributed by atoms with Crippen LogP contribution in [-0.4, -0.2) is 40.1 Å². The van der Waals surface area contributed by atoms with Crippen molar-refractivity contribution in [3.05, 3.63) is 35.9 Å². The maximum Gasteiger partial charge on any atom is 0.326 e. The molecule has 0 aliphatic carbocycles. The molecular weight excluding hydrogens is 276 g/mol. The van der Waals surface area contributed by atoms with Crippen LogP contribution in [0.15, 0.2) is 30.3 Å². The van der Waals surface area contributed by atoms with Gasteiger partial charge in [-0.15, -0.1) is 0 Å². The lowest BCUT2D eigenvalue weighted by Crippen LogP contribution is -2.43. The highest BCUT2D eigenvalue weighted by molar-refractivity contribution is 5.84. The number of nitrogens with two attached hydrogens (primary N) is 1. The molecule has 0 aromatic heterocycles. The van der Waals surface area contributed by atoms with Gasteiger partial charge in [-0.1, -0.05) is 30.3 Å². The van der Waals surface area contributed by atoms with Gasteiger partial charge >= 0.3 is 11.9 Å². The Labute approximate surface area is 121 Å². The Bertz CT molecular complexity index is 503. The first-order chi connectivity index (χ1) is 9.90. The quantitative estimate of drug-likeness (QED) is 0.533. The zero-order valence-corrected chi connectivity index (χ0v) is 11.4. The minimum absolute atomic E-state index is 0.0428. The van der Waals surface area contributed by atoms with Crippen LogP contribution >= 0.6 is 0 Å². The maximum absolute atomic E-state index is 11.7. The van der Waals surface area contributed by atoms with Gasteiger partial charge in [-0.25, -0.2) is 4.79 Å². The van der Waals surface area contributed by atoms with E-state index in [1.54, 1.807) is 24.3 Å². The van der Waals surface area contributed by atoms with E-state index in [0.717, 1.165) is 5.56 Å². The number of carbonyl (C=O) groups excluding carboxylic acids is 1. The molecule has 0 saturated carbocycles. The van der Waals surface area contributed by atoms with Gasteiger partial charge in [0.2, 0.25) is 5.91 Å². The van der Waals surface area contributed by atoms with Crippen molar-refractivity contribution in [1.29, 1.82) is 0 Å². The van der Waals surface area contributed by atoms with Crippen molar-refractivity contribution in [2.45, 2.75) is 31.3 Å². The third-order valence-electron chi connectivity index (χ3n) is 2.92. The number of carboxylic acids is 2. The zero-order chi connectivity index (χ0) is 15.8. The molecular formula is C14H18N2O5. The SMILES string of the molecule is NC(CCC(=O)N[C@@H](Cc1ccccc1)C(=O)O)C(=O)O. The van der Waals surface area contributed by atoms with Crippen LogP contribution < -0.4 is 11.1 Å². The summed E-state index contributed by atoms with van der Waals surface area (Å²) in [6.07, 6.45) is -0.0161. The Morgan fingerprint density at radius 2 is 1.71 bits per heavy atom. The van der Waals surface area contributed by atoms with E-state index < -0.39 is 29.9 Å². The Hall–Kier alpha value is -2.41. The minimum atomic E-state index is -1.19. The largest absolute Gasteiger partial charge is 0.480 e. The number of carbonyl (C=O) groups is 3. The predicted octanol–water partition coefficient (Wildman–Crippen LogP) is -0.00940. The van der Waals surface area contributed by atoms with Gasteiger partial charge in [0.05, 0.1) is 0 Å². The molecule has 1 aromatic carbocycles. The number of amides is 1. The third-order valence-corrected chi connectivity index (χ3v) is 2.92. The highest BCUT2D eigenvalue weighted by Gasteiger charge is 2.21. The van der Waals surface area contributed by atoms with E-state index in [0.29, 0.717) is 0 Å². The molecule has 0 aliphatic rings. The standard InChI is InChI=1S/C14H18N2O5/c15-10(13(18)19)6-7-12(17)16-11(14(20)21)8-9-4-2-1-3-5-9/h1-5,10-11H,6-8,15H2,(H,16,17)(H,18,19)(H,20,21)/t10?,11-/m0/s1. The highest BCUT2D eigenvalue weighted by atomic mass is 16.4. The fraction of sp³-hybridized carbons (Fsp3) is 0.357.